The van der Waals surface area contributed by atoms with Gasteiger partial charge in [-0.1, -0.05) is 30.4 Å². The third-order valence-corrected chi connectivity index (χ3v) is 9.90. The normalized spacial score (nSPS) is 27.6. The first-order valence-electron chi connectivity index (χ1n) is 9.20. The number of ether oxygens (including phenoxy) is 3. The molecule has 30 heavy (non-hydrogen) atoms. The lowest BCUT2D eigenvalue weighted by Crippen LogP contribution is -2.61. The Morgan fingerprint density at radius 1 is 1.20 bits per heavy atom. The molecule has 1 aliphatic rings. The van der Waals surface area contributed by atoms with Crippen molar-refractivity contribution in [2.24, 2.45) is 5.11 Å². The van der Waals surface area contributed by atoms with Crippen molar-refractivity contribution in [2.45, 2.75) is 83.4 Å². The van der Waals surface area contributed by atoms with E-state index in [4.69, 9.17) is 28.7 Å². The van der Waals surface area contributed by atoms with Crippen molar-refractivity contribution in [1.29, 1.82) is 0 Å². The molecule has 1 N–H and O–H groups in total. The van der Waals surface area contributed by atoms with Gasteiger partial charge in [-0.15, -0.1) is 4.89 Å². The van der Waals surface area contributed by atoms with E-state index in [1.54, 1.807) is 0 Å². The summed E-state index contributed by atoms with van der Waals surface area (Å²) in [5.41, 5.74) is 8.90. The van der Waals surface area contributed by atoms with E-state index in [-0.39, 0.29) is 11.6 Å². The molecule has 14 heteroatoms. The second kappa shape index (κ2) is 10.6. The Labute approximate surface area is 176 Å². The molecule has 0 amide bonds. The van der Waals surface area contributed by atoms with Crippen molar-refractivity contribution in [2.75, 3.05) is 6.61 Å². The predicted molar refractivity (Wildman–Crippen MR) is 107 cm³/mol. The molecule has 0 saturated carbocycles. The molecule has 0 spiro atoms. The second-order valence-corrected chi connectivity index (χ2v) is 13.8. The number of carbonyl (C=O) groups is 2. The summed E-state index contributed by atoms with van der Waals surface area (Å²) in [4.78, 5) is 35.2. The molecule has 1 fully saturated rings. The summed E-state index contributed by atoms with van der Waals surface area (Å²) in [6, 6.07) is -1.38. The third kappa shape index (κ3) is 7.27. The minimum absolute atomic E-state index is 0.0722. The largest absolute Gasteiger partial charge is 0.697 e. The van der Waals surface area contributed by atoms with Gasteiger partial charge in [-0.2, -0.15) is 0 Å². The lowest BCUT2D eigenvalue weighted by molar-refractivity contribution is -0.250. The van der Waals surface area contributed by atoms with Gasteiger partial charge in [0.1, 0.15) is 12.1 Å². The summed E-state index contributed by atoms with van der Waals surface area (Å²) in [6.07, 6.45) is -5.05. The van der Waals surface area contributed by atoms with Crippen LogP contribution in [0.25, 0.3) is 10.4 Å². The van der Waals surface area contributed by atoms with Crippen LogP contribution in [0.15, 0.2) is 5.11 Å². The van der Waals surface area contributed by atoms with E-state index in [1.807, 2.05) is 33.9 Å². The minimum Gasteiger partial charge on any atom is -0.458 e. The Morgan fingerprint density at radius 2 is 1.73 bits per heavy atom. The number of hydrogen-bond donors (Lipinski definition) is 1. The summed E-state index contributed by atoms with van der Waals surface area (Å²) < 4.78 is 38.5. The number of azide groups is 1. The Kier molecular flexibility index (Phi) is 9.37. The maximum atomic E-state index is 11.7. The highest BCUT2D eigenvalue weighted by Crippen LogP contribution is 2.38. The van der Waals surface area contributed by atoms with Gasteiger partial charge in [0.15, 0.2) is 20.5 Å². The molecular weight excluding hydrogens is 437 g/mol. The van der Waals surface area contributed by atoms with Crippen LogP contribution in [0.1, 0.15) is 34.6 Å². The van der Waals surface area contributed by atoms with E-state index < -0.39 is 59.2 Å². The van der Waals surface area contributed by atoms with Crippen LogP contribution >= 0.6 is 8.25 Å². The highest BCUT2D eigenvalue weighted by molar-refractivity contribution is 7.32. The van der Waals surface area contributed by atoms with Crippen molar-refractivity contribution < 1.29 is 42.2 Å². The molecule has 6 atom stereocenters. The van der Waals surface area contributed by atoms with Crippen LogP contribution in [0.5, 0.6) is 0 Å². The van der Waals surface area contributed by atoms with Crippen LogP contribution in [0.2, 0.25) is 18.1 Å². The molecule has 0 aromatic rings. The SMILES string of the molecule is CC(=O)O[C@@H]1C(N=[N+]=[N-])[C@H](O[P+](=O)O)OC(CO[Si](C)(C)C(C)(C)C)[C@@H]1OC(C)=O. The zero-order valence-corrected chi connectivity index (χ0v) is 20.0. The van der Waals surface area contributed by atoms with E-state index in [0.717, 1.165) is 13.8 Å². The lowest BCUT2D eigenvalue weighted by atomic mass is 9.97. The quantitative estimate of drug-likeness (QED) is 0.141. The maximum absolute atomic E-state index is 11.7. The van der Waals surface area contributed by atoms with Crippen molar-refractivity contribution in [3.05, 3.63) is 10.4 Å². The maximum Gasteiger partial charge on any atom is 0.697 e. The first-order valence-corrected chi connectivity index (χ1v) is 13.2. The van der Waals surface area contributed by atoms with Crippen molar-refractivity contribution in [3.63, 3.8) is 0 Å². The summed E-state index contributed by atoms with van der Waals surface area (Å²) in [5.74, 6) is -1.43. The molecular formula is C16H29N3O9PSi+. The van der Waals surface area contributed by atoms with Crippen molar-refractivity contribution in [3.8, 4) is 0 Å². The van der Waals surface area contributed by atoms with Crippen LogP contribution < -0.4 is 0 Å². The lowest BCUT2D eigenvalue weighted by Gasteiger charge is -2.43. The van der Waals surface area contributed by atoms with Crippen molar-refractivity contribution >= 4 is 28.5 Å². The summed E-state index contributed by atoms with van der Waals surface area (Å²) >= 11 is 0. The van der Waals surface area contributed by atoms with Gasteiger partial charge in [-0.25, -0.2) is 0 Å². The first-order chi connectivity index (χ1) is 13.7. The standard InChI is InChI=1S/C16H28N3O9PSi/c1-9(20)25-13-11(8-24-30(6,7)16(3,4)5)27-15(28-29(22)23)12(18-19-17)14(13)26-10(2)21/h11-15H,8H2,1-7H3/p+1/t11?,12?,13-,14+,15-/m0/s1. The Morgan fingerprint density at radius 3 is 2.17 bits per heavy atom. The van der Waals surface area contributed by atoms with Gasteiger partial charge >= 0.3 is 20.2 Å². The number of rotatable bonds is 8. The molecule has 0 aliphatic carbocycles. The second-order valence-electron chi connectivity index (χ2n) is 8.30. The number of nitrogens with zero attached hydrogens (tertiary/aromatic N) is 3. The molecule has 3 unspecified atom stereocenters. The zero-order valence-electron chi connectivity index (χ0n) is 18.1. The number of carbonyl (C=O) groups excluding carboxylic acids is 2. The Balaban J connectivity index is 3.33. The van der Waals surface area contributed by atoms with Crippen LogP contribution in [0.3, 0.4) is 0 Å². The molecule has 1 saturated heterocycles. The number of hydrogen-bond acceptors (Lipinski definition) is 9. The predicted octanol–water partition coefficient (Wildman–Crippen LogP) is 2.94. The van der Waals surface area contributed by atoms with Crippen molar-refractivity contribution in [1.82, 2.24) is 0 Å². The third-order valence-electron chi connectivity index (χ3n) is 5.01. The van der Waals surface area contributed by atoms with Crippen LogP contribution in [0.4, 0.5) is 0 Å². The smallest absolute Gasteiger partial charge is 0.458 e. The van der Waals surface area contributed by atoms with E-state index in [0.29, 0.717) is 0 Å². The van der Waals surface area contributed by atoms with Gasteiger partial charge in [0.25, 0.3) is 0 Å². The van der Waals surface area contributed by atoms with Gasteiger partial charge in [-0.05, 0) is 23.7 Å². The summed E-state index contributed by atoms with van der Waals surface area (Å²) in [7, 11) is -5.40. The topological polar surface area (TPSA) is 166 Å². The summed E-state index contributed by atoms with van der Waals surface area (Å²) in [5, 5.41) is 3.35. The van der Waals surface area contributed by atoms with Gasteiger partial charge in [0.05, 0.1) is 6.61 Å². The molecule has 0 bridgehead atoms. The molecule has 1 heterocycles. The van der Waals surface area contributed by atoms with Gasteiger partial charge in [0.2, 0.25) is 6.29 Å². The molecule has 12 nitrogen and oxygen atoms in total. The minimum atomic E-state index is -3.14. The fourth-order valence-electron chi connectivity index (χ4n) is 2.55. The average molecular weight is 466 g/mol. The fourth-order valence-corrected chi connectivity index (χ4v) is 3.92. The Bertz CT molecular complexity index is 709. The van der Waals surface area contributed by atoms with E-state index in [1.165, 1.54) is 0 Å². The van der Waals surface area contributed by atoms with E-state index in [9.17, 15) is 19.0 Å². The van der Waals surface area contributed by atoms with Gasteiger partial charge in [-0.3, -0.25) is 9.59 Å². The molecule has 0 aromatic heterocycles. The summed E-state index contributed by atoms with van der Waals surface area (Å²) in [6.45, 7) is 12.3. The molecule has 170 valence electrons. The monoisotopic (exact) mass is 466 g/mol. The fraction of sp³-hybridized carbons (Fsp3) is 0.875. The molecule has 0 aromatic carbocycles. The van der Waals surface area contributed by atoms with Gasteiger partial charge < -0.3 is 18.6 Å². The van der Waals surface area contributed by atoms with E-state index >= 15 is 0 Å². The van der Waals surface area contributed by atoms with Crippen LogP contribution in [-0.2, 0) is 37.3 Å². The molecule has 0 radical (unpaired) electrons. The first kappa shape index (κ1) is 26.4. The molecule has 1 aliphatic heterocycles. The number of esters is 2. The van der Waals surface area contributed by atoms with Crippen LogP contribution in [-0.4, -0.2) is 62.4 Å². The van der Waals surface area contributed by atoms with Crippen LogP contribution in [0, 0.1) is 0 Å². The molecule has 1 rings (SSSR count). The van der Waals surface area contributed by atoms with Gasteiger partial charge in [0, 0.05) is 23.3 Å². The van der Waals surface area contributed by atoms with E-state index in [2.05, 4.69) is 10.0 Å². The zero-order chi connectivity index (χ0) is 23.3. The highest BCUT2D eigenvalue weighted by atomic mass is 31.1. The Hall–Kier alpha value is -1.59. The highest BCUT2D eigenvalue weighted by Gasteiger charge is 2.53. The average Bonchev–Trinajstić information content (AvgIpc) is 2.56.